The summed E-state index contributed by atoms with van der Waals surface area (Å²) in [6, 6.07) is 0. The number of hydrogen-bond donors (Lipinski definition) is 2. The molecule has 0 aliphatic heterocycles. The molecule has 1 aliphatic carbocycles. The van der Waals surface area contributed by atoms with Crippen LogP contribution in [0.15, 0.2) is 11.6 Å². The Labute approximate surface area is 82.2 Å². The van der Waals surface area contributed by atoms with Crippen LogP contribution in [0, 0.1) is 17.3 Å². The molecule has 1 saturated carbocycles. The Kier molecular flexibility index (Phi) is 2.39. The highest BCUT2D eigenvalue weighted by molar-refractivity contribution is 5.86. The minimum Gasteiger partial charge on any atom is -0.481 e. The fourth-order valence-corrected chi connectivity index (χ4v) is 1.80. The van der Waals surface area contributed by atoms with E-state index in [1.165, 1.54) is 6.92 Å². The minimum absolute atomic E-state index is 0.156. The van der Waals surface area contributed by atoms with E-state index in [1.807, 2.05) is 13.8 Å². The predicted molar refractivity (Wildman–Crippen MR) is 49.8 cm³/mol. The molecule has 1 fully saturated rings. The molecule has 4 heteroatoms. The van der Waals surface area contributed by atoms with E-state index < -0.39 is 17.9 Å². The quantitative estimate of drug-likeness (QED) is 0.672. The molecule has 0 unspecified atom stereocenters. The van der Waals surface area contributed by atoms with Crippen LogP contribution in [0.2, 0.25) is 0 Å². The molecule has 0 bridgehead atoms. The van der Waals surface area contributed by atoms with Gasteiger partial charge in [0.2, 0.25) is 0 Å². The van der Waals surface area contributed by atoms with Gasteiger partial charge in [-0.3, -0.25) is 4.79 Å². The molecule has 0 aromatic carbocycles. The van der Waals surface area contributed by atoms with Gasteiger partial charge in [0.15, 0.2) is 0 Å². The third-order valence-electron chi connectivity index (χ3n) is 2.94. The molecule has 0 radical (unpaired) electrons. The van der Waals surface area contributed by atoms with Crippen LogP contribution in [0.4, 0.5) is 0 Å². The summed E-state index contributed by atoms with van der Waals surface area (Å²) in [5.41, 5.74) is -0.102. The number of aliphatic carboxylic acids is 2. The molecule has 2 atom stereocenters. The topological polar surface area (TPSA) is 74.6 Å². The van der Waals surface area contributed by atoms with Gasteiger partial charge in [-0.25, -0.2) is 4.79 Å². The third kappa shape index (κ3) is 1.64. The van der Waals surface area contributed by atoms with Crippen LogP contribution in [0.3, 0.4) is 0 Å². The number of carboxylic acids is 2. The lowest BCUT2D eigenvalue weighted by atomic mass is 10.1. The maximum atomic E-state index is 10.8. The summed E-state index contributed by atoms with van der Waals surface area (Å²) in [5.74, 6) is -2.45. The summed E-state index contributed by atoms with van der Waals surface area (Å²) >= 11 is 0. The molecule has 0 saturated heterocycles. The van der Waals surface area contributed by atoms with Crippen LogP contribution >= 0.6 is 0 Å². The Morgan fingerprint density at radius 1 is 1.29 bits per heavy atom. The number of rotatable bonds is 3. The second-order valence-corrected chi connectivity index (χ2v) is 4.32. The van der Waals surface area contributed by atoms with E-state index in [4.69, 9.17) is 10.2 Å². The first-order valence-electron chi connectivity index (χ1n) is 4.43. The van der Waals surface area contributed by atoms with Gasteiger partial charge in [-0.05, 0) is 18.3 Å². The first-order valence-corrected chi connectivity index (χ1v) is 4.43. The highest BCUT2D eigenvalue weighted by Crippen LogP contribution is 2.59. The molecule has 14 heavy (non-hydrogen) atoms. The standard InChI is InChI=1S/C10H14O4/c1-5(8(11)12)4-6-7(9(13)14)10(6,2)3/h4,6-7H,1-3H3,(H,11,12)(H,13,14)/b5-4+/t6-,7+/m0/s1. The maximum Gasteiger partial charge on any atom is 0.330 e. The fourth-order valence-electron chi connectivity index (χ4n) is 1.80. The summed E-state index contributed by atoms with van der Waals surface area (Å²) in [7, 11) is 0. The van der Waals surface area contributed by atoms with E-state index >= 15 is 0 Å². The summed E-state index contributed by atoms with van der Waals surface area (Å²) in [6.07, 6.45) is 1.54. The minimum atomic E-state index is -0.989. The van der Waals surface area contributed by atoms with E-state index in [9.17, 15) is 9.59 Å². The second kappa shape index (κ2) is 3.12. The molecule has 0 spiro atoms. The van der Waals surface area contributed by atoms with Crippen LogP contribution < -0.4 is 0 Å². The van der Waals surface area contributed by atoms with Gasteiger partial charge >= 0.3 is 11.9 Å². The van der Waals surface area contributed by atoms with Crippen molar-refractivity contribution in [3.63, 3.8) is 0 Å². The van der Waals surface area contributed by atoms with Gasteiger partial charge in [-0.15, -0.1) is 0 Å². The van der Waals surface area contributed by atoms with Crippen molar-refractivity contribution in [1.82, 2.24) is 0 Å². The van der Waals surface area contributed by atoms with E-state index in [2.05, 4.69) is 0 Å². The van der Waals surface area contributed by atoms with Gasteiger partial charge in [0.05, 0.1) is 5.92 Å². The summed E-state index contributed by atoms with van der Waals surface area (Å²) in [5, 5.41) is 17.5. The molecule has 78 valence electrons. The molecule has 0 aromatic heterocycles. The largest absolute Gasteiger partial charge is 0.481 e. The lowest BCUT2D eigenvalue weighted by molar-refractivity contribution is -0.139. The summed E-state index contributed by atoms with van der Waals surface area (Å²) in [4.78, 5) is 21.3. The van der Waals surface area contributed by atoms with E-state index in [-0.39, 0.29) is 16.9 Å². The van der Waals surface area contributed by atoms with Crippen LogP contribution in [-0.2, 0) is 9.59 Å². The second-order valence-electron chi connectivity index (χ2n) is 4.32. The monoisotopic (exact) mass is 198 g/mol. The van der Waals surface area contributed by atoms with Crippen molar-refractivity contribution in [2.24, 2.45) is 17.3 Å². The zero-order valence-corrected chi connectivity index (χ0v) is 8.44. The Morgan fingerprint density at radius 3 is 2.07 bits per heavy atom. The Hall–Kier alpha value is -1.32. The van der Waals surface area contributed by atoms with Crippen LogP contribution in [0.25, 0.3) is 0 Å². The van der Waals surface area contributed by atoms with Crippen LogP contribution in [0.1, 0.15) is 20.8 Å². The zero-order valence-electron chi connectivity index (χ0n) is 8.44. The first-order chi connectivity index (χ1) is 6.28. The average Bonchev–Trinajstić information content (AvgIpc) is 2.52. The fraction of sp³-hybridized carbons (Fsp3) is 0.600. The Morgan fingerprint density at radius 2 is 1.79 bits per heavy atom. The molecule has 0 aromatic rings. The van der Waals surface area contributed by atoms with Crippen molar-refractivity contribution >= 4 is 11.9 Å². The number of carboxylic acid groups (broad SMARTS) is 2. The lowest BCUT2D eigenvalue weighted by Crippen LogP contribution is -2.03. The van der Waals surface area contributed by atoms with Crippen molar-refractivity contribution in [3.05, 3.63) is 11.6 Å². The molecular formula is C10H14O4. The molecule has 1 rings (SSSR count). The normalized spacial score (nSPS) is 29.8. The van der Waals surface area contributed by atoms with Gasteiger partial charge in [0, 0.05) is 5.57 Å². The van der Waals surface area contributed by atoms with Gasteiger partial charge in [-0.2, -0.15) is 0 Å². The first kappa shape index (κ1) is 10.8. The smallest absolute Gasteiger partial charge is 0.330 e. The van der Waals surface area contributed by atoms with Crippen molar-refractivity contribution in [2.75, 3.05) is 0 Å². The van der Waals surface area contributed by atoms with E-state index in [1.54, 1.807) is 6.08 Å². The van der Waals surface area contributed by atoms with Crippen molar-refractivity contribution in [1.29, 1.82) is 0 Å². The van der Waals surface area contributed by atoms with Gasteiger partial charge in [-0.1, -0.05) is 19.9 Å². The predicted octanol–water partition coefficient (Wildman–Crippen LogP) is 1.37. The Balaban J connectivity index is 2.80. The average molecular weight is 198 g/mol. The number of allylic oxidation sites excluding steroid dienone is 1. The van der Waals surface area contributed by atoms with Crippen molar-refractivity contribution in [3.8, 4) is 0 Å². The summed E-state index contributed by atoms with van der Waals surface area (Å²) < 4.78 is 0. The Bertz CT molecular complexity index is 314. The molecule has 0 amide bonds. The lowest BCUT2D eigenvalue weighted by Gasteiger charge is -1.97. The summed E-state index contributed by atoms with van der Waals surface area (Å²) in [6.45, 7) is 5.15. The maximum absolute atomic E-state index is 10.8. The third-order valence-corrected chi connectivity index (χ3v) is 2.94. The van der Waals surface area contributed by atoms with Crippen LogP contribution in [-0.4, -0.2) is 22.2 Å². The molecule has 2 N–H and O–H groups in total. The van der Waals surface area contributed by atoms with Crippen molar-refractivity contribution < 1.29 is 19.8 Å². The van der Waals surface area contributed by atoms with Gasteiger partial charge in [0.1, 0.15) is 0 Å². The van der Waals surface area contributed by atoms with Crippen molar-refractivity contribution in [2.45, 2.75) is 20.8 Å². The molecule has 1 aliphatic rings. The molecule has 4 nitrogen and oxygen atoms in total. The highest BCUT2D eigenvalue weighted by atomic mass is 16.4. The van der Waals surface area contributed by atoms with Gasteiger partial charge < -0.3 is 10.2 Å². The SMILES string of the molecule is C/C(=C\[C@H]1[C@H](C(=O)O)C1(C)C)C(=O)O. The van der Waals surface area contributed by atoms with E-state index in [0.29, 0.717) is 0 Å². The number of carbonyl (C=O) groups is 2. The molecule has 0 heterocycles. The number of hydrogen-bond acceptors (Lipinski definition) is 2. The molecular weight excluding hydrogens is 184 g/mol. The zero-order chi connectivity index (χ0) is 11.1. The van der Waals surface area contributed by atoms with E-state index in [0.717, 1.165) is 0 Å². The highest BCUT2D eigenvalue weighted by Gasteiger charge is 2.60. The van der Waals surface area contributed by atoms with Crippen LogP contribution in [0.5, 0.6) is 0 Å². The van der Waals surface area contributed by atoms with Gasteiger partial charge in [0.25, 0.3) is 0 Å².